The molecular formula is C15H21N3O. The van der Waals surface area contributed by atoms with Crippen LogP contribution in [0.5, 0.6) is 0 Å². The Morgan fingerprint density at radius 3 is 2.68 bits per heavy atom. The maximum Gasteiger partial charge on any atom is 0.254 e. The first-order valence-corrected chi connectivity index (χ1v) is 7.24. The maximum atomic E-state index is 12.7. The number of aryl methyl sites for hydroxylation is 1. The van der Waals surface area contributed by atoms with Gasteiger partial charge in [-0.15, -0.1) is 0 Å². The van der Waals surface area contributed by atoms with Crippen molar-refractivity contribution in [3.63, 3.8) is 0 Å². The third-order valence-corrected chi connectivity index (χ3v) is 3.91. The van der Waals surface area contributed by atoms with Gasteiger partial charge < -0.3 is 10.6 Å². The van der Waals surface area contributed by atoms with Crippen LogP contribution in [-0.2, 0) is 6.42 Å². The van der Waals surface area contributed by atoms with E-state index in [1.807, 2.05) is 13.0 Å². The van der Waals surface area contributed by atoms with Crippen molar-refractivity contribution in [3.8, 4) is 0 Å². The lowest BCUT2D eigenvalue weighted by Crippen LogP contribution is -2.35. The number of hydrogen-bond donors (Lipinski definition) is 1. The Morgan fingerprint density at radius 2 is 2.11 bits per heavy atom. The molecule has 3 rings (SSSR count). The Labute approximate surface area is 114 Å². The highest BCUT2D eigenvalue weighted by molar-refractivity contribution is 5.95. The van der Waals surface area contributed by atoms with Gasteiger partial charge in [0.05, 0.1) is 0 Å². The summed E-state index contributed by atoms with van der Waals surface area (Å²) in [6, 6.07) is 4.07. The number of carbonyl (C=O) groups is 1. The Morgan fingerprint density at radius 1 is 1.37 bits per heavy atom. The molecule has 2 fully saturated rings. The van der Waals surface area contributed by atoms with Crippen LogP contribution in [0.25, 0.3) is 0 Å². The van der Waals surface area contributed by atoms with E-state index >= 15 is 0 Å². The van der Waals surface area contributed by atoms with Gasteiger partial charge in [-0.25, -0.2) is 4.98 Å². The molecule has 2 saturated carbocycles. The molecule has 0 radical (unpaired) electrons. The lowest BCUT2D eigenvalue weighted by molar-refractivity contribution is 0.0734. The largest absolute Gasteiger partial charge is 0.384 e. The summed E-state index contributed by atoms with van der Waals surface area (Å²) in [6.45, 7) is 2.95. The predicted molar refractivity (Wildman–Crippen MR) is 74.8 cm³/mol. The Kier molecular flexibility index (Phi) is 3.17. The molecule has 0 saturated heterocycles. The van der Waals surface area contributed by atoms with Crippen molar-refractivity contribution < 1.29 is 4.79 Å². The Balaban J connectivity index is 1.81. The molecular weight excluding hydrogens is 238 g/mol. The van der Waals surface area contributed by atoms with Gasteiger partial charge in [-0.3, -0.25) is 4.79 Å². The summed E-state index contributed by atoms with van der Waals surface area (Å²) in [7, 11) is 0. The maximum absolute atomic E-state index is 12.7. The molecule has 0 unspecified atom stereocenters. The van der Waals surface area contributed by atoms with Crippen LogP contribution in [0.4, 0.5) is 5.82 Å². The number of pyridine rings is 1. The molecule has 19 heavy (non-hydrogen) atoms. The zero-order chi connectivity index (χ0) is 13.4. The average molecular weight is 259 g/mol. The van der Waals surface area contributed by atoms with E-state index in [1.54, 1.807) is 6.07 Å². The Hall–Kier alpha value is -1.58. The summed E-state index contributed by atoms with van der Waals surface area (Å²) in [5.74, 6) is 1.32. The van der Waals surface area contributed by atoms with Crippen LogP contribution in [0.15, 0.2) is 12.1 Å². The fourth-order valence-electron chi connectivity index (χ4n) is 2.44. The molecule has 1 amide bonds. The van der Waals surface area contributed by atoms with Crippen molar-refractivity contribution in [3.05, 3.63) is 23.4 Å². The first-order valence-electron chi connectivity index (χ1n) is 7.24. The molecule has 0 atom stereocenters. The number of hydrogen-bond acceptors (Lipinski definition) is 3. The van der Waals surface area contributed by atoms with E-state index in [-0.39, 0.29) is 5.91 Å². The summed E-state index contributed by atoms with van der Waals surface area (Å²) in [6.07, 6.45) is 5.65. The van der Waals surface area contributed by atoms with Crippen molar-refractivity contribution in [1.29, 1.82) is 0 Å². The first-order chi connectivity index (χ1) is 9.17. The smallest absolute Gasteiger partial charge is 0.254 e. The predicted octanol–water partition coefficient (Wildman–Crippen LogP) is 2.24. The van der Waals surface area contributed by atoms with Crippen LogP contribution in [0.3, 0.4) is 0 Å². The topological polar surface area (TPSA) is 59.2 Å². The molecule has 2 aliphatic rings. The molecule has 4 heteroatoms. The molecule has 1 heterocycles. The quantitative estimate of drug-likeness (QED) is 0.882. The number of nitrogens with two attached hydrogens (primary N) is 1. The summed E-state index contributed by atoms with van der Waals surface area (Å²) in [5.41, 5.74) is 7.40. The van der Waals surface area contributed by atoms with Crippen LogP contribution in [0.1, 0.15) is 48.7 Å². The number of anilines is 1. The van der Waals surface area contributed by atoms with Crippen molar-refractivity contribution in [2.24, 2.45) is 5.92 Å². The van der Waals surface area contributed by atoms with Gasteiger partial charge >= 0.3 is 0 Å². The molecule has 2 N–H and O–H groups in total. The van der Waals surface area contributed by atoms with Gasteiger partial charge in [0.2, 0.25) is 0 Å². The fraction of sp³-hybridized carbons (Fsp3) is 0.600. The van der Waals surface area contributed by atoms with Gasteiger partial charge in [0, 0.05) is 23.8 Å². The van der Waals surface area contributed by atoms with E-state index in [2.05, 4.69) is 9.88 Å². The normalized spacial score (nSPS) is 18.4. The second kappa shape index (κ2) is 4.83. The van der Waals surface area contributed by atoms with Gasteiger partial charge in [0.1, 0.15) is 5.82 Å². The van der Waals surface area contributed by atoms with Gasteiger partial charge in [-0.1, -0.05) is 6.92 Å². The molecule has 2 aliphatic carbocycles. The van der Waals surface area contributed by atoms with Crippen LogP contribution >= 0.6 is 0 Å². The lowest BCUT2D eigenvalue weighted by atomic mass is 10.1. The number of nitrogens with zero attached hydrogens (tertiary/aromatic N) is 2. The molecule has 4 nitrogen and oxygen atoms in total. The minimum absolute atomic E-state index is 0.137. The third-order valence-electron chi connectivity index (χ3n) is 3.91. The van der Waals surface area contributed by atoms with Crippen LogP contribution in [-0.4, -0.2) is 28.4 Å². The van der Waals surface area contributed by atoms with E-state index in [1.165, 1.54) is 12.8 Å². The van der Waals surface area contributed by atoms with E-state index in [4.69, 9.17) is 5.73 Å². The SMILES string of the molecule is CCc1cc(C(=O)N(CC2CC2)C2CC2)cc(N)n1. The van der Waals surface area contributed by atoms with Crippen LogP contribution < -0.4 is 5.73 Å². The van der Waals surface area contributed by atoms with Crippen molar-refractivity contribution in [2.45, 2.75) is 45.1 Å². The highest BCUT2D eigenvalue weighted by atomic mass is 16.2. The Bertz CT molecular complexity index is 492. The molecule has 0 spiro atoms. The zero-order valence-electron chi connectivity index (χ0n) is 11.4. The molecule has 0 aromatic carbocycles. The number of carbonyl (C=O) groups excluding carboxylic acids is 1. The zero-order valence-corrected chi connectivity index (χ0v) is 11.4. The summed E-state index contributed by atoms with van der Waals surface area (Å²) in [4.78, 5) is 18.9. The van der Waals surface area contributed by atoms with Gasteiger partial charge in [-0.2, -0.15) is 0 Å². The number of rotatable bonds is 5. The summed E-state index contributed by atoms with van der Waals surface area (Å²) < 4.78 is 0. The minimum Gasteiger partial charge on any atom is -0.384 e. The third kappa shape index (κ3) is 2.88. The van der Waals surface area contributed by atoms with Gasteiger partial charge in [0.15, 0.2) is 0 Å². The highest BCUT2D eigenvalue weighted by Crippen LogP contribution is 2.35. The second-order valence-corrected chi connectivity index (χ2v) is 5.76. The number of amides is 1. The second-order valence-electron chi connectivity index (χ2n) is 5.76. The highest BCUT2D eigenvalue weighted by Gasteiger charge is 2.36. The lowest BCUT2D eigenvalue weighted by Gasteiger charge is -2.22. The summed E-state index contributed by atoms with van der Waals surface area (Å²) in [5, 5.41) is 0. The van der Waals surface area contributed by atoms with Gasteiger partial charge in [0.25, 0.3) is 5.91 Å². The van der Waals surface area contributed by atoms with E-state index in [0.29, 0.717) is 17.4 Å². The monoisotopic (exact) mass is 259 g/mol. The first kappa shape index (κ1) is 12.5. The van der Waals surface area contributed by atoms with Crippen LogP contribution in [0.2, 0.25) is 0 Å². The average Bonchev–Trinajstić information content (AvgIpc) is 3.27. The molecule has 0 aliphatic heterocycles. The molecule has 1 aromatic heterocycles. The van der Waals surface area contributed by atoms with Crippen molar-refractivity contribution in [1.82, 2.24) is 9.88 Å². The fourth-order valence-corrected chi connectivity index (χ4v) is 2.44. The number of aromatic nitrogens is 1. The van der Waals surface area contributed by atoms with Crippen molar-refractivity contribution in [2.75, 3.05) is 12.3 Å². The van der Waals surface area contributed by atoms with Crippen molar-refractivity contribution >= 4 is 11.7 Å². The number of nitrogen functional groups attached to an aromatic ring is 1. The van der Waals surface area contributed by atoms with Crippen LogP contribution in [0, 0.1) is 5.92 Å². The minimum atomic E-state index is 0.137. The van der Waals surface area contributed by atoms with E-state index < -0.39 is 0 Å². The molecule has 1 aromatic rings. The summed E-state index contributed by atoms with van der Waals surface area (Å²) >= 11 is 0. The molecule has 0 bridgehead atoms. The molecule has 102 valence electrons. The van der Waals surface area contributed by atoms with E-state index in [0.717, 1.165) is 37.4 Å². The standard InChI is InChI=1S/C15H21N3O/c1-2-12-7-11(8-14(16)17-12)15(19)18(13-5-6-13)9-10-3-4-10/h7-8,10,13H,2-6,9H2,1H3,(H2,16,17). The van der Waals surface area contributed by atoms with Gasteiger partial charge in [-0.05, 0) is 50.2 Å². The van der Waals surface area contributed by atoms with E-state index in [9.17, 15) is 4.79 Å².